The van der Waals surface area contributed by atoms with Crippen LogP contribution in [0, 0.1) is 0 Å². The lowest BCUT2D eigenvalue weighted by Gasteiger charge is -2.14. The van der Waals surface area contributed by atoms with Gasteiger partial charge in [-0.3, -0.25) is 14.6 Å². The lowest BCUT2D eigenvalue weighted by molar-refractivity contribution is -0.131. The van der Waals surface area contributed by atoms with Crippen molar-refractivity contribution in [3.63, 3.8) is 0 Å². The first kappa shape index (κ1) is 13.3. The second-order valence-electron chi connectivity index (χ2n) is 4.66. The number of hydrogen-bond acceptors (Lipinski definition) is 3. The molecule has 0 radical (unpaired) electrons. The van der Waals surface area contributed by atoms with E-state index < -0.39 is 0 Å². The predicted molar refractivity (Wildman–Crippen MR) is 72.1 cm³/mol. The van der Waals surface area contributed by atoms with Gasteiger partial charge < -0.3 is 10.2 Å². The van der Waals surface area contributed by atoms with E-state index in [1.165, 1.54) is 11.0 Å². The normalized spacial score (nSPS) is 14.4. The highest BCUT2D eigenvalue weighted by Gasteiger charge is 2.23. The van der Waals surface area contributed by atoms with E-state index in [0.29, 0.717) is 6.04 Å². The van der Waals surface area contributed by atoms with Crippen molar-refractivity contribution in [2.45, 2.75) is 18.9 Å². The minimum absolute atomic E-state index is 0.0900. The van der Waals surface area contributed by atoms with E-state index in [0.717, 1.165) is 18.4 Å². The van der Waals surface area contributed by atoms with E-state index in [2.05, 4.69) is 10.3 Å². The molecule has 1 fully saturated rings. The molecule has 0 bridgehead atoms. The minimum Gasteiger partial charge on any atom is -0.352 e. The van der Waals surface area contributed by atoms with Crippen molar-refractivity contribution in [2.75, 3.05) is 13.6 Å². The summed E-state index contributed by atoms with van der Waals surface area (Å²) in [5.41, 5.74) is 0.853. The third kappa shape index (κ3) is 4.54. The molecule has 1 N–H and O–H groups in total. The van der Waals surface area contributed by atoms with E-state index in [4.69, 9.17) is 0 Å². The van der Waals surface area contributed by atoms with Crippen LogP contribution in [0.25, 0.3) is 6.08 Å². The molecule has 2 amide bonds. The molecule has 1 aliphatic rings. The third-order valence-corrected chi connectivity index (χ3v) is 2.80. The molecular formula is C14H17N3O2. The zero-order valence-corrected chi connectivity index (χ0v) is 10.9. The number of carbonyl (C=O) groups excluding carboxylic acids is 2. The van der Waals surface area contributed by atoms with E-state index in [-0.39, 0.29) is 18.4 Å². The number of pyridine rings is 1. The average Bonchev–Trinajstić information content (AvgIpc) is 3.20. The van der Waals surface area contributed by atoms with Crippen molar-refractivity contribution in [3.8, 4) is 0 Å². The van der Waals surface area contributed by atoms with Crippen molar-refractivity contribution in [3.05, 3.63) is 36.2 Å². The van der Waals surface area contributed by atoms with Gasteiger partial charge in [0, 0.05) is 31.6 Å². The van der Waals surface area contributed by atoms with Crippen LogP contribution in [0.1, 0.15) is 18.4 Å². The zero-order valence-electron chi connectivity index (χ0n) is 10.9. The molecule has 1 aromatic heterocycles. The van der Waals surface area contributed by atoms with Gasteiger partial charge in [-0.25, -0.2) is 0 Å². The highest BCUT2D eigenvalue weighted by molar-refractivity contribution is 5.94. The molecule has 2 rings (SSSR count). The lowest BCUT2D eigenvalue weighted by atomic mass is 10.2. The molecule has 5 heteroatoms. The van der Waals surface area contributed by atoms with E-state index in [9.17, 15) is 9.59 Å². The summed E-state index contributed by atoms with van der Waals surface area (Å²) in [5, 5.41) is 2.85. The van der Waals surface area contributed by atoms with E-state index in [1.54, 1.807) is 31.6 Å². The largest absolute Gasteiger partial charge is 0.352 e. The van der Waals surface area contributed by atoms with Gasteiger partial charge in [-0.15, -0.1) is 0 Å². The van der Waals surface area contributed by atoms with Crippen LogP contribution in [0.4, 0.5) is 0 Å². The molecule has 1 saturated carbocycles. The van der Waals surface area contributed by atoms with Gasteiger partial charge in [-0.2, -0.15) is 0 Å². The highest BCUT2D eigenvalue weighted by atomic mass is 16.2. The van der Waals surface area contributed by atoms with Crippen molar-refractivity contribution in [1.29, 1.82) is 0 Å². The molecule has 0 atom stereocenters. The predicted octanol–water partition coefficient (Wildman–Crippen LogP) is 0.832. The summed E-state index contributed by atoms with van der Waals surface area (Å²) in [6.45, 7) is 0.0900. The van der Waals surface area contributed by atoms with Crippen LogP contribution in [-0.4, -0.2) is 41.3 Å². The Hall–Kier alpha value is -2.17. The molecule has 1 aliphatic carbocycles. The molecule has 1 aromatic rings. The Kier molecular flexibility index (Phi) is 4.28. The van der Waals surface area contributed by atoms with Crippen LogP contribution >= 0.6 is 0 Å². The van der Waals surface area contributed by atoms with Gasteiger partial charge in [-0.05, 0) is 30.5 Å². The van der Waals surface area contributed by atoms with Crippen molar-refractivity contribution in [1.82, 2.24) is 15.2 Å². The highest BCUT2D eigenvalue weighted by Crippen LogP contribution is 2.18. The second-order valence-corrected chi connectivity index (χ2v) is 4.66. The Balaban J connectivity index is 1.81. The molecule has 0 unspecified atom stereocenters. The smallest absolute Gasteiger partial charge is 0.246 e. The molecule has 100 valence electrons. The summed E-state index contributed by atoms with van der Waals surface area (Å²) in [4.78, 5) is 28.7. The van der Waals surface area contributed by atoms with Gasteiger partial charge in [0.15, 0.2) is 0 Å². The Morgan fingerprint density at radius 3 is 2.95 bits per heavy atom. The Bertz CT molecular complexity index is 481. The Morgan fingerprint density at radius 1 is 1.53 bits per heavy atom. The van der Waals surface area contributed by atoms with Gasteiger partial charge in [0.2, 0.25) is 11.8 Å². The SMILES string of the molecule is CN(CC(=O)NC1CC1)C(=O)/C=C\c1cccnc1. The van der Waals surface area contributed by atoms with E-state index in [1.807, 2.05) is 6.07 Å². The van der Waals surface area contributed by atoms with Gasteiger partial charge in [0.1, 0.15) is 0 Å². The van der Waals surface area contributed by atoms with Crippen LogP contribution in [0.3, 0.4) is 0 Å². The van der Waals surface area contributed by atoms with Gasteiger partial charge in [0.25, 0.3) is 0 Å². The number of aromatic nitrogens is 1. The summed E-state index contributed by atoms with van der Waals surface area (Å²) in [7, 11) is 1.61. The number of hydrogen-bond donors (Lipinski definition) is 1. The molecule has 0 aliphatic heterocycles. The monoisotopic (exact) mass is 259 g/mol. The van der Waals surface area contributed by atoms with Crippen molar-refractivity contribution in [2.24, 2.45) is 0 Å². The minimum atomic E-state index is -0.199. The summed E-state index contributed by atoms with van der Waals surface area (Å²) in [5.74, 6) is -0.303. The van der Waals surface area contributed by atoms with Gasteiger partial charge >= 0.3 is 0 Å². The molecule has 0 saturated heterocycles. The molecule has 0 aromatic carbocycles. The molecule has 1 heterocycles. The van der Waals surface area contributed by atoms with Crippen molar-refractivity contribution < 1.29 is 9.59 Å². The maximum Gasteiger partial charge on any atom is 0.246 e. The Morgan fingerprint density at radius 2 is 2.32 bits per heavy atom. The fourth-order valence-electron chi connectivity index (χ4n) is 1.56. The fourth-order valence-corrected chi connectivity index (χ4v) is 1.56. The summed E-state index contributed by atoms with van der Waals surface area (Å²) < 4.78 is 0. The van der Waals surface area contributed by atoms with Crippen LogP contribution in [-0.2, 0) is 9.59 Å². The van der Waals surface area contributed by atoms with Crippen LogP contribution in [0.5, 0.6) is 0 Å². The van der Waals surface area contributed by atoms with Crippen LogP contribution < -0.4 is 5.32 Å². The number of likely N-dealkylation sites (N-methyl/N-ethyl adjacent to an activating group) is 1. The summed E-state index contributed by atoms with van der Waals surface area (Å²) >= 11 is 0. The number of amides is 2. The Labute approximate surface area is 112 Å². The first-order chi connectivity index (χ1) is 9.15. The number of carbonyl (C=O) groups is 2. The number of nitrogens with one attached hydrogen (secondary N) is 1. The summed E-state index contributed by atoms with van der Waals surface area (Å²) in [6.07, 6.45) is 8.57. The van der Waals surface area contributed by atoms with Gasteiger partial charge in [-0.1, -0.05) is 6.07 Å². The first-order valence-corrected chi connectivity index (χ1v) is 6.28. The molecule has 5 nitrogen and oxygen atoms in total. The fraction of sp³-hybridized carbons (Fsp3) is 0.357. The second kappa shape index (κ2) is 6.13. The summed E-state index contributed by atoms with van der Waals surface area (Å²) in [6, 6.07) is 3.98. The quantitative estimate of drug-likeness (QED) is 0.797. The zero-order chi connectivity index (χ0) is 13.7. The maximum atomic E-state index is 11.8. The standard InChI is InChI=1S/C14H17N3O2/c1-17(10-13(18)16-12-5-6-12)14(19)7-4-11-3-2-8-15-9-11/h2-4,7-9,12H,5-6,10H2,1H3,(H,16,18)/b7-4-. The maximum absolute atomic E-state index is 11.8. The topological polar surface area (TPSA) is 62.3 Å². The van der Waals surface area contributed by atoms with Crippen LogP contribution in [0.2, 0.25) is 0 Å². The number of nitrogens with zero attached hydrogens (tertiary/aromatic N) is 2. The molecule has 0 spiro atoms. The van der Waals surface area contributed by atoms with E-state index >= 15 is 0 Å². The third-order valence-electron chi connectivity index (χ3n) is 2.80. The molecular weight excluding hydrogens is 242 g/mol. The van der Waals surface area contributed by atoms with Crippen molar-refractivity contribution >= 4 is 17.9 Å². The lowest BCUT2D eigenvalue weighted by Crippen LogP contribution is -2.38. The van der Waals surface area contributed by atoms with Crippen LogP contribution in [0.15, 0.2) is 30.6 Å². The average molecular weight is 259 g/mol. The first-order valence-electron chi connectivity index (χ1n) is 6.28. The number of rotatable bonds is 5. The van der Waals surface area contributed by atoms with Gasteiger partial charge in [0.05, 0.1) is 6.54 Å². The molecule has 19 heavy (non-hydrogen) atoms.